The van der Waals surface area contributed by atoms with E-state index < -0.39 is 33.7 Å². The summed E-state index contributed by atoms with van der Waals surface area (Å²) < 4.78 is 77.0. The Morgan fingerprint density at radius 2 is 1.89 bits per heavy atom. The lowest BCUT2D eigenvalue weighted by atomic mass is 9.84. The number of alkyl halides is 3. The monoisotopic (exact) mass is 644 g/mol. The summed E-state index contributed by atoms with van der Waals surface area (Å²) in [6, 6.07) is 10.1. The molecule has 0 fully saturated rings. The zero-order chi connectivity index (χ0) is 32.8. The number of carboxylic acid groups (broad SMARTS) is 1. The van der Waals surface area contributed by atoms with Crippen LogP contribution in [-0.4, -0.2) is 52.4 Å². The smallest absolute Gasteiger partial charge is 0.416 e. The number of benzene rings is 3. The van der Waals surface area contributed by atoms with Gasteiger partial charge in [0.1, 0.15) is 16.8 Å². The molecule has 0 radical (unpaired) electrons. The number of aromatic nitrogens is 3. The van der Waals surface area contributed by atoms with Crippen LogP contribution in [0.3, 0.4) is 0 Å². The molecule has 0 spiro atoms. The molecule has 45 heavy (non-hydrogen) atoms. The maximum absolute atomic E-state index is 13.9. The largest absolute Gasteiger partial charge is 0.494 e. The highest BCUT2D eigenvalue weighted by Gasteiger charge is 2.37. The number of methoxy groups -OCH3 is 1. The molecule has 0 saturated carbocycles. The molecule has 1 aromatic heterocycles. The van der Waals surface area contributed by atoms with Gasteiger partial charge in [-0.25, -0.2) is 13.1 Å². The maximum atomic E-state index is 13.9. The Labute approximate surface area is 259 Å². The SMILES string of the molecule is CCn1nnc2c(C)c([C@@H](CC(=O)O)c3ccc(C)c(CN4C[C@@H](C)Cc5ccc(C(F)(F)F)cc5S4(=O)=O)c3)cc(OC)c21. The molecule has 2 atom stereocenters. The summed E-state index contributed by atoms with van der Waals surface area (Å²) in [6.07, 6.45) is -4.63. The Morgan fingerprint density at radius 3 is 2.53 bits per heavy atom. The minimum absolute atomic E-state index is 0.0893. The van der Waals surface area contributed by atoms with Crippen molar-refractivity contribution >= 4 is 27.0 Å². The number of aryl methyl sites for hydroxylation is 3. The highest BCUT2D eigenvalue weighted by molar-refractivity contribution is 7.89. The zero-order valence-corrected chi connectivity index (χ0v) is 26.5. The summed E-state index contributed by atoms with van der Waals surface area (Å²) in [5, 5.41) is 18.5. The van der Waals surface area contributed by atoms with Crippen molar-refractivity contribution in [2.24, 2.45) is 5.92 Å². The number of rotatable bonds is 8. The summed E-state index contributed by atoms with van der Waals surface area (Å²) in [4.78, 5) is 11.8. The van der Waals surface area contributed by atoms with Crippen LogP contribution in [-0.2, 0) is 40.5 Å². The van der Waals surface area contributed by atoms with Crippen molar-refractivity contribution in [3.05, 3.63) is 81.4 Å². The van der Waals surface area contributed by atoms with Crippen molar-refractivity contribution in [2.45, 2.75) is 70.6 Å². The molecule has 0 unspecified atom stereocenters. The summed E-state index contributed by atoms with van der Waals surface area (Å²) in [7, 11) is -2.77. The van der Waals surface area contributed by atoms with Crippen molar-refractivity contribution in [3.63, 3.8) is 0 Å². The topological polar surface area (TPSA) is 115 Å². The third-order valence-electron chi connectivity index (χ3n) is 8.54. The third kappa shape index (κ3) is 6.15. The van der Waals surface area contributed by atoms with E-state index in [0.717, 1.165) is 23.3 Å². The molecule has 0 saturated heterocycles. The number of hydrogen-bond donors (Lipinski definition) is 1. The first-order chi connectivity index (χ1) is 21.1. The molecule has 13 heteroatoms. The second-order valence-electron chi connectivity index (χ2n) is 11.7. The van der Waals surface area contributed by atoms with Crippen molar-refractivity contribution in [1.29, 1.82) is 0 Å². The highest BCUT2D eigenvalue weighted by atomic mass is 32.2. The first kappa shape index (κ1) is 32.4. The Bertz CT molecular complexity index is 1890. The van der Waals surface area contributed by atoms with Gasteiger partial charge >= 0.3 is 12.1 Å². The van der Waals surface area contributed by atoms with Gasteiger partial charge in [-0.2, -0.15) is 17.5 Å². The second kappa shape index (κ2) is 12.1. The van der Waals surface area contributed by atoms with Crippen LogP contribution in [0.5, 0.6) is 5.75 Å². The molecule has 4 aromatic rings. The molecular weight excluding hydrogens is 609 g/mol. The third-order valence-corrected chi connectivity index (χ3v) is 10.4. The van der Waals surface area contributed by atoms with Gasteiger partial charge < -0.3 is 9.84 Å². The summed E-state index contributed by atoms with van der Waals surface area (Å²) in [5.74, 6) is -1.32. The molecule has 0 bridgehead atoms. The minimum Gasteiger partial charge on any atom is -0.494 e. The van der Waals surface area contributed by atoms with Crippen molar-refractivity contribution in [2.75, 3.05) is 13.7 Å². The van der Waals surface area contributed by atoms with Gasteiger partial charge in [-0.3, -0.25) is 4.79 Å². The van der Waals surface area contributed by atoms with E-state index in [0.29, 0.717) is 52.0 Å². The van der Waals surface area contributed by atoms with Crippen LogP contribution in [0.2, 0.25) is 0 Å². The van der Waals surface area contributed by atoms with E-state index in [1.54, 1.807) is 16.8 Å². The fourth-order valence-corrected chi connectivity index (χ4v) is 7.96. The van der Waals surface area contributed by atoms with E-state index in [2.05, 4.69) is 10.3 Å². The van der Waals surface area contributed by atoms with E-state index in [1.807, 2.05) is 39.8 Å². The van der Waals surface area contributed by atoms with E-state index in [9.17, 15) is 31.5 Å². The van der Waals surface area contributed by atoms with Crippen LogP contribution in [0.15, 0.2) is 47.4 Å². The number of sulfonamides is 1. The van der Waals surface area contributed by atoms with Gasteiger partial charge in [0, 0.05) is 25.6 Å². The summed E-state index contributed by atoms with van der Waals surface area (Å²) in [5.41, 5.74) is 4.09. The average molecular weight is 645 g/mol. The van der Waals surface area contributed by atoms with Gasteiger partial charge in [0.2, 0.25) is 10.0 Å². The molecule has 0 amide bonds. The minimum atomic E-state index is -4.69. The predicted octanol–water partition coefficient (Wildman–Crippen LogP) is 6.09. The van der Waals surface area contributed by atoms with Crippen molar-refractivity contribution < 1.29 is 36.2 Å². The van der Waals surface area contributed by atoms with E-state index in [1.165, 1.54) is 17.5 Å². The lowest BCUT2D eigenvalue weighted by Gasteiger charge is -2.25. The van der Waals surface area contributed by atoms with Gasteiger partial charge in [0.25, 0.3) is 0 Å². The lowest BCUT2D eigenvalue weighted by molar-refractivity contribution is -0.138. The van der Waals surface area contributed by atoms with Gasteiger partial charge in [0.15, 0.2) is 0 Å². The normalized spacial score (nSPS) is 17.6. The first-order valence-corrected chi connectivity index (χ1v) is 16.0. The van der Waals surface area contributed by atoms with Crippen LogP contribution in [0.4, 0.5) is 13.2 Å². The zero-order valence-electron chi connectivity index (χ0n) is 25.6. The Hall–Kier alpha value is -3.97. The van der Waals surface area contributed by atoms with Crippen LogP contribution in [0.1, 0.15) is 65.1 Å². The second-order valence-corrected chi connectivity index (χ2v) is 13.6. The molecule has 1 aliphatic rings. The molecule has 240 valence electrons. The molecule has 5 rings (SSSR count). The van der Waals surface area contributed by atoms with Crippen LogP contribution >= 0.6 is 0 Å². The van der Waals surface area contributed by atoms with Crippen LogP contribution in [0, 0.1) is 19.8 Å². The molecule has 2 heterocycles. The van der Waals surface area contributed by atoms with E-state index in [4.69, 9.17) is 4.74 Å². The Kier molecular flexibility index (Phi) is 8.71. The van der Waals surface area contributed by atoms with Gasteiger partial charge in [-0.05, 0) is 84.7 Å². The molecule has 0 aliphatic carbocycles. The van der Waals surface area contributed by atoms with Gasteiger partial charge in [-0.1, -0.05) is 36.4 Å². The van der Waals surface area contributed by atoms with E-state index in [-0.39, 0.29) is 30.3 Å². The maximum Gasteiger partial charge on any atom is 0.416 e. The highest BCUT2D eigenvalue weighted by Crippen LogP contribution is 2.40. The number of carbonyl (C=O) groups is 1. The quantitative estimate of drug-likeness (QED) is 0.247. The number of nitrogens with zero attached hydrogens (tertiary/aromatic N) is 4. The summed E-state index contributed by atoms with van der Waals surface area (Å²) in [6.45, 7) is 8.05. The number of aliphatic carboxylic acids is 1. The first-order valence-electron chi connectivity index (χ1n) is 14.6. The Balaban J connectivity index is 1.59. The van der Waals surface area contributed by atoms with Crippen LogP contribution in [0.25, 0.3) is 11.0 Å². The number of fused-ring (bicyclic) bond motifs is 2. The number of ether oxygens (including phenoxy) is 1. The molecule has 1 aliphatic heterocycles. The standard InChI is InChI=1S/C32H35F3N4O5S/c1-6-39-31-27(44-5)14-25(20(4)30(31)36-37-39)26(15-29(40)41)21-8-7-19(3)23(12-21)17-38-16-18(2)11-22-9-10-24(32(33,34)35)13-28(22)45(38,42)43/h7-10,12-14,18,26H,6,11,15-17H2,1-5H3,(H,40,41)/t18-,26-/m0/s1. The Morgan fingerprint density at radius 1 is 1.16 bits per heavy atom. The lowest BCUT2D eigenvalue weighted by Crippen LogP contribution is -2.33. The van der Waals surface area contributed by atoms with Crippen LogP contribution < -0.4 is 4.74 Å². The molecule has 3 aromatic carbocycles. The van der Waals surface area contributed by atoms with E-state index >= 15 is 0 Å². The predicted molar refractivity (Wildman–Crippen MR) is 162 cm³/mol. The number of carboxylic acids is 1. The number of hydrogen-bond acceptors (Lipinski definition) is 6. The fourth-order valence-electron chi connectivity index (χ4n) is 6.17. The number of halogens is 3. The molecule has 9 nitrogen and oxygen atoms in total. The fraction of sp³-hybridized carbons (Fsp3) is 0.406. The van der Waals surface area contributed by atoms with Crippen molar-refractivity contribution in [1.82, 2.24) is 19.3 Å². The summed E-state index contributed by atoms with van der Waals surface area (Å²) >= 11 is 0. The van der Waals surface area contributed by atoms with Gasteiger partial charge in [-0.15, -0.1) is 5.10 Å². The molecular formula is C32H35F3N4O5S. The van der Waals surface area contributed by atoms with Gasteiger partial charge in [0.05, 0.1) is 24.0 Å². The average Bonchev–Trinajstić information content (AvgIpc) is 3.38. The molecule has 1 N–H and O–H groups in total. The van der Waals surface area contributed by atoms with Crippen molar-refractivity contribution in [3.8, 4) is 5.75 Å².